The van der Waals surface area contributed by atoms with Gasteiger partial charge in [-0.05, 0) is 54.9 Å². The van der Waals surface area contributed by atoms with Gasteiger partial charge in [0.05, 0.1) is 24.1 Å². The number of rotatable bonds is 4. The number of fused-ring (bicyclic) bond motifs is 7. The van der Waals surface area contributed by atoms with E-state index >= 15 is 0 Å². The molecule has 2 aliphatic heterocycles. The van der Waals surface area contributed by atoms with Crippen molar-refractivity contribution in [1.29, 1.82) is 0 Å². The minimum absolute atomic E-state index is 0.00149. The normalized spacial score (nSPS) is 20.7. The van der Waals surface area contributed by atoms with Gasteiger partial charge in [-0.3, -0.25) is 19.4 Å². The molecule has 13 heteroatoms. The molecule has 198 valence electrons. The summed E-state index contributed by atoms with van der Waals surface area (Å²) < 4.78 is 6.22. The van der Waals surface area contributed by atoms with Crippen molar-refractivity contribution in [3.05, 3.63) is 33.0 Å². The lowest BCUT2D eigenvalue weighted by Crippen LogP contribution is -2.29. The molecule has 6 heterocycles. The summed E-state index contributed by atoms with van der Waals surface area (Å²) in [6.07, 6.45) is 1.99. The van der Waals surface area contributed by atoms with Crippen molar-refractivity contribution in [2.75, 3.05) is 13.1 Å². The molecule has 0 unspecified atom stereocenters. The van der Waals surface area contributed by atoms with Gasteiger partial charge in [-0.15, -0.1) is 45.3 Å². The van der Waals surface area contributed by atoms with Gasteiger partial charge >= 0.3 is 0 Å². The summed E-state index contributed by atoms with van der Waals surface area (Å²) in [5.74, 6) is -0.108. The second-order valence-electron chi connectivity index (χ2n) is 9.62. The molecule has 0 radical (unpaired) electrons. The Morgan fingerprint density at radius 1 is 0.846 bits per heavy atom. The maximum atomic E-state index is 12.7. The highest BCUT2D eigenvalue weighted by atomic mass is 32.2. The van der Waals surface area contributed by atoms with Crippen LogP contribution in [0, 0.1) is 0 Å². The Hall–Kier alpha value is -1.45. The van der Waals surface area contributed by atoms with Crippen LogP contribution >= 0.6 is 93.3 Å². The fourth-order valence-electron chi connectivity index (χ4n) is 5.21. The van der Waals surface area contributed by atoms with E-state index in [-0.39, 0.29) is 17.2 Å². The van der Waals surface area contributed by atoms with Crippen LogP contribution in [0.1, 0.15) is 43.7 Å². The second kappa shape index (κ2) is 9.28. The fraction of sp³-hybridized carbons (Fsp3) is 0.269. The Kier molecular flexibility index (Phi) is 6.29. The van der Waals surface area contributed by atoms with E-state index in [2.05, 4.69) is 26.0 Å². The summed E-state index contributed by atoms with van der Waals surface area (Å²) in [6, 6.07) is 4.32. The van der Waals surface area contributed by atoms with Crippen molar-refractivity contribution < 1.29 is 9.59 Å². The predicted molar refractivity (Wildman–Crippen MR) is 181 cm³/mol. The Labute approximate surface area is 260 Å². The smallest absolute Gasteiger partial charge is 0.285 e. The average Bonchev–Trinajstić information content (AvgIpc) is 3.68. The molecule has 4 aromatic heterocycles. The molecule has 7 rings (SSSR count). The van der Waals surface area contributed by atoms with E-state index in [9.17, 15) is 9.59 Å². The van der Waals surface area contributed by atoms with Crippen LogP contribution in [0.4, 0.5) is 5.00 Å². The topological polar surface area (TPSA) is 53.0 Å². The summed E-state index contributed by atoms with van der Waals surface area (Å²) in [4.78, 5) is 37.8. The number of carbonyl (C=O) groups excluding carboxylic acids is 2. The van der Waals surface area contributed by atoms with Crippen LogP contribution in [0.25, 0.3) is 34.6 Å². The first-order valence-electron chi connectivity index (χ1n) is 12.1. The zero-order valence-corrected chi connectivity index (χ0v) is 27.6. The van der Waals surface area contributed by atoms with E-state index in [1.165, 1.54) is 63.2 Å². The van der Waals surface area contributed by atoms with Gasteiger partial charge in [0.1, 0.15) is 13.6 Å². The van der Waals surface area contributed by atoms with E-state index in [4.69, 9.17) is 29.4 Å². The van der Waals surface area contributed by atoms with Crippen LogP contribution < -0.4 is 0 Å². The molecule has 39 heavy (non-hydrogen) atoms. The van der Waals surface area contributed by atoms with Crippen LogP contribution in [0.15, 0.2) is 22.0 Å². The van der Waals surface area contributed by atoms with Gasteiger partial charge in [0, 0.05) is 32.8 Å². The first-order chi connectivity index (χ1) is 18.6. The molecule has 2 amide bonds. The number of thioether (sulfide) groups is 2. The van der Waals surface area contributed by atoms with E-state index in [1.807, 2.05) is 42.6 Å². The SMILES string of the molecule is CCN1C(=O)C(=Nc2cc3sc4c(c3s2)C(C)(C)c2c-4sc3cc(/C=C4\SC(=S)N(CC)C4=O)sc23)SC1=S. The molecule has 2 fully saturated rings. The van der Waals surface area contributed by atoms with Crippen LogP contribution in [0.2, 0.25) is 0 Å². The van der Waals surface area contributed by atoms with E-state index in [0.717, 1.165) is 9.88 Å². The molecule has 1 aliphatic carbocycles. The van der Waals surface area contributed by atoms with Gasteiger partial charge in [-0.2, -0.15) is 0 Å². The van der Waals surface area contributed by atoms with Gasteiger partial charge in [0.25, 0.3) is 11.8 Å². The Bertz CT molecular complexity index is 1730. The highest BCUT2D eigenvalue weighted by Gasteiger charge is 2.43. The minimum Gasteiger partial charge on any atom is -0.293 e. The largest absolute Gasteiger partial charge is 0.293 e. The minimum atomic E-state index is -0.164. The molecule has 3 aliphatic rings. The quantitative estimate of drug-likeness (QED) is 0.161. The van der Waals surface area contributed by atoms with Crippen molar-refractivity contribution >= 4 is 149 Å². The Morgan fingerprint density at radius 3 is 2.05 bits per heavy atom. The van der Waals surface area contributed by atoms with Crippen molar-refractivity contribution in [3.63, 3.8) is 0 Å². The molecule has 0 N–H and O–H groups in total. The number of likely N-dealkylation sites (N-methyl/N-ethyl adjacent to an activating group) is 1. The molecule has 5 nitrogen and oxygen atoms in total. The maximum absolute atomic E-state index is 12.7. The van der Waals surface area contributed by atoms with Crippen LogP contribution in [-0.4, -0.2) is 48.4 Å². The number of hydrogen-bond donors (Lipinski definition) is 0. The molecular formula is C26H19N3O2S8. The first kappa shape index (κ1) is 26.4. The highest BCUT2D eigenvalue weighted by Crippen LogP contribution is 2.62. The summed E-state index contributed by atoms with van der Waals surface area (Å²) in [7, 11) is 0. The van der Waals surface area contributed by atoms with E-state index in [1.54, 1.807) is 32.5 Å². The maximum Gasteiger partial charge on any atom is 0.285 e. The molecular weight excluding hydrogens is 643 g/mol. The van der Waals surface area contributed by atoms with Gasteiger partial charge in [0.2, 0.25) is 0 Å². The summed E-state index contributed by atoms with van der Waals surface area (Å²) in [5.41, 5.74) is 2.57. The van der Waals surface area contributed by atoms with Crippen LogP contribution in [0.5, 0.6) is 0 Å². The molecule has 0 atom stereocenters. The molecule has 0 spiro atoms. The lowest BCUT2D eigenvalue weighted by atomic mass is 9.84. The number of carbonyl (C=O) groups is 2. The molecule has 2 saturated heterocycles. The number of thiocarbonyl (C=S) groups is 2. The van der Waals surface area contributed by atoms with Gasteiger partial charge in [-0.25, -0.2) is 4.99 Å². The number of hydrogen-bond acceptors (Lipinski definition) is 11. The monoisotopic (exact) mass is 661 g/mol. The van der Waals surface area contributed by atoms with E-state index in [0.29, 0.717) is 31.7 Å². The Morgan fingerprint density at radius 2 is 1.44 bits per heavy atom. The number of nitrogens with zero attached hydrogens (tertiary/aromatic N) is 3. The van der Waals surface area contributed by atoms with E-state index < -0.39 is 0 Å². The third kappa shape index (κ3) is 3.84. The van der Waals surface area contributed by atoms with Crippen molar-refractivity contribution in [2.45, 2.75) is 33.1 Å². The average molecular weight is 662 g/mol. The predicted octanol–water partition coefficient (Wildman–Crippen LogP) is 8.68. The third-order valence-electron chi connectivity index (χ3n) is 7.01. The number of aliphatic imine (C=N–C) groups is 1. The van der Waals surface area contributed by atoms with Gasteiger partial charge in [0.15, 0.2) is 5.04 Å². The molecule has 0 saturated carbocycles. The lowest BCUT2D eigenvalue weighted by Gasteiger charge is -2.19. The van der Waals surface area contributed by atoms with Crippen molar-refractivity contribution in [2.24, 2.45) is 4.99 Å². The van der Waals surface area contributed by atoms with Crippen LogP contribution in [0.3, 0.4) is 0 Å². The number of thiophene rings is 4. The molecule has 0 bridgehead atoms. The Balaban J connectivity index is 1.26. The molecule has 4 aromatic rings. The van der Waals surface area contributed by atoms with Gasteiger partial charge < -0.3 is 0 Å². The summed E-state index contributed by atoms with van der Waals surface area (Å²) >= 11 is 20.5. The third-order valence-corrected chi connectivity index (χ3v) is 14.6. The number of amides is 2. The van der Waals surface area contributed by atoms with Gasteiger partial charge in [-0.1, -0.05) is 50.0 Å². The van der Waals surface area contributed by atoms with Crippen LogP contribution in [-0.2, 0) is 15.0 Å². The highest BCUT2D eigenvalue weighted by molar-refractivity contribution is 8.35. The second-order valence-corrected chi connectivity index (χ2v) is 17.1. The van der Waals surface area contributed by atoms with Crippen molar-refractivity contribution in [1.82, 2.24) is 9.80 Å². The zero-order chi connectivity index (χ0) is 27.4. The standard InChI is InChI=1S/C26H19N3O2S8/c1-5-28-22(30)13(37-24(28)32)8-10-7-11-17(34-10)15-19(35-11)20-16(26(15,3)4)18-12(36-20)9-14(38-18)27-21-23(31)29(6-2)25(33)39-21/h7-9H,5-6H2,1-4H3/b13-8-,27-21?. The molecule has 0 aromatic carbocycles. The summed E-state index contributed by atoms with van der Waals surface area (Å²) in [5, 5.41) is 1.30. The summed E-state index contributed by atoms with van der Waals surface area (Å²) in [6.45, 7) is 9.63. The van der Waals surface area contributed by atoms with Crippen molar-refractivity contribution in [3.8, 4) is 9.75 Å². The zero-order valence-electron chi connectivity index (χ0n) is 21.1. The fourth-order valence-corrected chi connectivity index (χ4v) is 13.9. The lowest BCUT2D eigenvalue weighted by molar-refractivity contribution is -0.122. The first-order valence-corrected chi connectivity index (χ1v) is 17.9.